The second-order valence-corrected chi connectivity index (χ2v) is 4.12. The fourth-order valence-corrected chi connectivity index (χ4v) is 1.62. The van der Waals surface area contributed by atoms with Crippen LogP contribution in [0.5, 0.6) is 0 Å². The molecular weight excluding hydrogens is 236 g/mol. The smallest absolute Gasteiger partial charge is 0.251 e. The molecule has 0 spiro atoms. The molecule has 0 saturated heterocycles. The van der Waals surface area contributed by atoms with Gasteiger partial charge in [-0.25, -0.2) is 8.78 Å². The van der Waals surface area contributed by atoms with E-state index in [2.05, 4.69) is 0 Å². The van der Waals surface area contributed by atoms with Crippen molar-refractivity contribution in [3.05, 3.63) is 34.9 Å². The molecule has 1 aromatic carbocycles. The van der Waals surface area contributed by atoms with E-state index in [1.807, 2.05) is 0 Å². The summed E-state index contributed by atoms with van der Waals surface area (Å²) in [5.74, 6) is 0. The lowest BCUT2D eigenvalue weighted by Crippen LogP contribution is -2.29. The molecule has 0 bridgehead atoms. The van der Waals surface area contributed by atoms with Crippen molar-refractivity contribution in [1.29, 1.82) is 0 Å². The highest BCUT2D eigenvalue weighted by Gasteiger charge is 2.14. The Bertz CT molecular complexity index is 336. The quantitative estimate of drug-likeness (QED) is 0.867. The van der Waals surface area contributed by atoms with E-state index in [-0.39, 0.29) is 13.1 Å². The van der Waals surface area contributed by atoms with Crippen LogP contribution in [-0.4, -0.2) is 36.6 Å². The highest BCUT2D eigenvalue weighted by molar-refractivity contribution is 6.30. The van der Waals surface area contributed by atoms with Crippen LogP contribution >= 0.6 is 11.6 Å². The van der Waals surface area contributed by atoms with Gasteiger partial charge in [0, 0.05) is 11.6 Å². The van der Waals surface area contributed by atoms with E-state index in [0.29, 0.717) is 10.6 Å². The van der Waals surface area contributed by atoms with Gasteiger partial charge in [-0.3, -0.25) is 4.90 Å². The molecule has 16 heavy (non-hydrogen) atoms. The van der Waals surface area contributed by atoms with E-state index in [1.165, 1.54) is 4.90 Å². The fourth-order valence-electron chi connectivity index (χ4n) is 1.42. The maximum atomic E-state index is 12.1. The van der Waals surface area contributed by atoms with Crippen molar-refractivity contribution >= 4 is 11.6 Å². The maximum Gasteiger partial charge on any atom is 0.251 e. The predicted octanol–water partition coefficient (Wildman–Crippen LogP) is 2.57. The van der Waals surface area contributed by atoms with Crippen LogP contribution in [-0.2, 0) is 0 Å². The van der Waals surface area contributed by atoms with Gasteiger partial charge in [0.15, 0.2) is 0 Å². The molecule has 0 aliphatic carbocycles. The van der Waals surface area contributed by atoms with E-state index in [0.717, 1.165) is 0 Å². The predicted molar refractivity (Wildman–Crippen MR) is 59.9 cm³/mol. The van der Waals surface area contributed by atoms with E-state index in [9.17, 15) is 13.9 Å². The van der Waals surface area contributed by atoms with E-state index < -0.39 is 12.5 Å². The van der Waals surface area contributed by atoms with Gasteiger partial charge in [0.1, 0.15) is 0 Å². The summed E-state index contributed by atoms with van der Waals surface area (Å²) in [5, 5.41) is 10.3. The lowest BCUT2D eigenvalue weighted by atomic mass is 10.1. The van der Waals surface area contributed by atoms with Crippen LogP contribution in [0.3, 0.4) is 0 Å². The van der Waals surface area contributed by atoms with Gasteiger partial charge in [-0.15, -0.1) is 0 Å². The number of nitrogens with zero attached hydrogens (tertiary/aromatic N) is 1. The molecule has 0 radical (unpaired) electrons. The Morgan fingerprint density at radius 3 is 2.62 bits per heavy atom. The summed E-state index contributed by atoms with van der Waals surface area (Å²) < 4.78 is 24.1. The third kappa shape index (κ3) is 4.43. The zero-order valence-corrected chi connectivity index (χ0v) is 9.66. The van der Waals surface area contributed by atoms with Crippen molar-refractivity contribution in [3.63, 3.8) is 0 Å². The van der Waals surface area contributed by atoms with Gasteiger partial charge in [-0.1, -0.05) is 23.7 Å². The van der Waals surface area contributed by atoms with E-state index in [1.54, 1.807) is 31.3 Å². The normalized spacial score (nSPS) is 13.4. The minimum Gasteiger partial charge on any atom is -0.387 e. The van der Waals surface area contributed by atoms with Crippen LogP contribution in [0.15, 0.2) is 24.3 Å². The zero-order valence-electron chi connectivity index (χ0n) is 8.91. The number of hydrogen-bond donors (Lipinski definition) is 1. The Kier molecular flexibility index (Phi) is 5.12. The molecule has 2 nitrogen and oxygen atoms in total. The van der Waals surface area contributed by atoms with Gasteiger partial charge in [-0.05, 0) is 24.7 Å². The lowest BCUT2D eigenvalue weighted by molar-refractivity contribution is 0.0680. The summed E-state index contributed by atoms with van der Waals surface area (Å²) in [4.78, 5) is 1.39. The molecule has 0 saturated carbocycles. The minimum absolute atomic E-state index is 0.157. The Balaban J connectivity index is 2.55. The summed E-state index contributed by atoms with van der Waals surface area (Å²) in [5.41, 5.74) is 0.633. The first kappa shape index (κ1) is 13.4. The van der Waals surface area contributed by atoms with Crippen LogP contribution in [0, 0.1) is 0 Å². The number of rotatable bonds is 5. The number of aliphatic hydroxyl groups excluding tert-OH is 1. The SMILES string of the molecule is CN(CC(F)F)CC(O)c1cccc(Cl)c1. The molecule has 5 heteroatoms. The first-order valence-electron chi connectivity index (χ1n) is 4.89. The number of aliphatic hydroxyl groups is 1. The van der Waals surface area contributed by atoms with Crippen LogP contribution in [0.1, 0.15) is 11.7 Å². The third-order valence-corrected chi connectivity index (χ3v) is 2.40. The summed E-state index contributed by atoms with van der Waals surface area (Å²) in [6.45, 7) is -0.192. The van der Waals surface area contributed by atoms with Crippen molar-refractivity contribution in [3.8, 4) is 0 Å². The standard InChI is InChI=1S/C11H14ClF2NO/c1-15(7-11(13)14)6-10(16)8-3-2-4-9(12)5-8/h2-5,10-11,16H,6-7H2,1H3. The maximum absolute atomic E-state index is 12.1. The van der Waals surface area contributed by atoms with Crippen molar-refractivity contribution < 1.29 is 13.9 Å². The lowest BCUT2D eigenvalue weighted by Gasteiger charge is -2.20. The largest absolute Gasteiger partial charge is 0.387 e. The van der Waals surface area contributed by atoms with Crippen molar-refractivity contribution in [2.45, 2.75) is 12.5 Å². The summed E-state index contributed by atoms with van der Waals surface area (Å²) in [6, 6.07) is 6.75. The molecule has 1 atom stereocenters. The second-order valence-electron chi connectivity index (χ2n) is 3.68. The summed E-state index contributed by atoms with van der Waals surface area (Å²) >= 11 is 5.77. The molecule has 0 fully saturated rings. The van der Waals surface area contributed by atoms with Crippen LogP contribution in [0.25, 0.3) is 0 Å². The monoisotopic (exact) mass is 249 g/mol. The number of halogens is 3. The number of hydrogen-bond acceptors (Lipinski definition) is 2. The first-order chi connectivity index (χ1) is 7.49. The highest BCUT2D eigenvalue weighted by atomic mass is 35.5. The molecule has 1 rings (SSSR count). The molecule has 0 aromatic heterocycles. The Hall–Kier alpha value is -0.710. The van der Waals surface area contributed by atoms with E-state index in [4.69, 9.17) is 11.6 Å². The fraction of sp³-hybridized carbons (Fsp3) is 0.455. The highest BCUT2D eigenvalue weighted by Crippen LogP contribution is 2.18. The number of likely N-dealkylation sites (N-methyl/N-ethyl adjacent to an activating group) is 1. The average Bonchev–Trinajstić information content (AvgIpc) is 2.16. The van der Waals surface area contributed by atoms with Crippen molar-refractivity contribution in [2.75, 3.05) is 20.1 Å². The van der Waals surface area contributed by atoms with Crippen LogP contribution in [0.4, 0.5) is 8.78 Å². The van der Waals surface area contributed by atoms with Crippen LogP contribution in [0.2, 0.25) is 5.02 Å². The zero-order chi connectivity index (χ0) is 12.1. The van der Waals surface area contributed by atoms with Gasteiger partial charge in [-0.2, -0.15) is 0 Å². The molecule has 1 aromatic rings. The second kappa shape index (κ2) is 6.13. The number of alkyl halides is 2. The average molecular weight is 250 g/mol. The van der Waals surface area contributed by atoms with Gasteiger partial charge < -0.3 is 5.11 Å². The van der Waals surface area contributed by atoms with Gasteiger partial charge in [0.05, 0.1) is 12.6 Å². The summed E-state index contributed by atoms with van der Waals surface area (Å²) in [6.07, 6.45) is -3.20. The summed E-state index contributed by atoms with van der Waals surface area (Å²) in [7, 11) is 1.54. The molecule has 0 heterocycles. The van der Waals surface area contributed by atoms with Crippen LogP contribution < -0.4 is 0 Å². The molecule has 90 valence electrons. The van der Waals surface area contributed by atoms with Crippen molar-refractivity contribution in [2.24, 2.45) is 0 Å². The molecule has 0 amide bonds. The van der Waals surface area contributed by atoms with Gasteiger partial charge in [0.2, 0.25) is 0 Å². The van der Waals surface area contributed by atoms with Crippen molar-refractivity contribution in [1.82, 2.24) is 4.90 Å². The molecule has 1 unspecified atom stereocenters. The molecule has 1 N–H and O–H groups in total. The Labute approximate surface area is 98.4 Å². The van der Waals surface area contributed by atoms with E-state index >= 15 is 0 Å². The van der Waals surface area contributed by atoms with Gasteiger partial charge >= 0.3 is 0 Å². The Morgan fingerprint density at radius 2 is 2.06 bits per heavy atom. The molecule has 0 aliphatic heterocycles. The minimum atomic E-state index is -2.39. The topological polar surface area (TPSA) is 23.5 Å². The first-order valence-corrected chi connectivity index (χ1v) is 5.27. The van der Waals surface area contributed by atoms with Gasteiger partial charge in [0.25, 0.3) is 6.43 Å². The third-order valence-electron chi connectivity index (χ3n) is 2.17. The number of benzene rings is 1. The Morgan fingerprint density at radius 1 is 1.38 bits per heavy atom. The molecule has 0 aliphatic rings. The molecular formula is C11H14ClF2NO.